The smallest absolute Gasteiger partial charge is 0.334 e. The van der Waals surface area contributed by atoms with Crippen molar-refractivity contribution in [3.8, 4) is 5.75 Å². The van der Waals surface area contributed by atoms with E-state index in [1.807, 2.05) is 0 Å². The summed E-state index contributed by atoms with van der Waals surface area (Å²) in [4.78, 5) is 23.0. The number of hydrogen-bond acceptors (Lipinski definition) is 5. The van der Waals surface area contributed by atoms with Gasteiger partial charge in [-0.1, -0.05) is 11.6 Å². The predicted octanol–water partition coefficient (Wildman–Crippen LogP) is 1.99. The highest BCUT2D eigenvalue weighted by atomic mass is 35.5. The van der Waals surface area contributed by atoms with Crippen LogP contribution in [0.25, 0.3) is 0 Å². The van der Waals surface area contributed by atoms with E-state index in [2.05, 4.69) is 5.32 Å². The van der Waals surface area contributed by atoms with E-state index in [1.54, 1.807) is 25.1 Å². The van der Waals surface area contributed by atoms with Crippen LogP contribution in [0.1, 0.15) is 13.3 Å². The van der Waals surface area contributed by atoms with Gasteiger partial charge in [-0.25, -0.2) is 4.79 Å². The third kappa shape index (κ3) is 2.73. The van der Waals surface area contributed by atoms with Crippen molar-refractivity contribution < 1.29 is 19.1 Å². The van der Waals surface area contributed by atoms with Gasteiger partial charge in [0.05, 0.1) is 18.7 Å². The third-order valence-corrected chi connectivity index (χ3v) is 2.68. The minimum atomic E-state index is -0.724. The highest BCUT2D eigenvalue weighted by Crippen LogP contribution is 2.32. The van der Waals surface area contributed by atoms with Crippen LogP contribution in [-0.4, -0.2) is 24.6 Å². The Kier molecular flexibility index (Phi) is 3.72. The predicted molar refractivity (Wildman–Crippen MR) is 65.7 cm³/mol. The minimum absolute atomic E-state index is 0.0608. The lowest BCUT2D eigenvalue weighted by atomic mass is 10.1. The lowest BCUT2D eigenvalue weighted by Crippen LogP contribution is -2.39. The fraction of sp³-hybridized carbons (Fsp3) is 0.333. The average molecular weight is 270 g/mol. The standard InChI is InChI=1S/C12H12ClNO4/c1-2-17-11(15)6-9-12(16)18-10-5-7(13)3-4-8(10)14-9/h3-5,9,14H,2,6H2,1H3/t9-/m1/s1. The molecule has 0 saturated heterocycles. The van der Waals surface area contributed by atoms with Crippen molar-refractivity contribution in [2.75, 3.05) is 11.9 Å². The van der Waals surface area contributed by atoms with Gasteiger partial charge in [0.15, 0.2) is 5.75 Å². The molecule has 1 aromatic rings. The van der Waals surface area contributed by atoms with E-state index in [4.69, 9.17) is 21.1 Å². The molecule has 1 aliphatic heterocycles. The number of rotatable bonds is 3. The largest absolute Gasteiger partial charge is 0.466 e. The highest BCUT2D eigenvalue weighted by molar-refractivity contribution is 6.30. The summed E-state index contributed by atoms with van der Waals surface area (Å²) in [5, 5.41) is 3.41. The molecule has 0 unspecified atom stereocenters. The molecule has 0 aromatic heterocycles. The molecule has 6 heteroatoms. The number of halogens is 1. The van der Waals surface area contributed by atoms with Gasteiger partial charge in [-0.2, -0.15) is 0 Å². The Balaban J connectivity index is 2.11. The van der Waals surface area contributed by atoms with Crippen LogP contribution in [-0.2, 0) is 14.3 Å². The number of hydrogen-bond donors (Lipinski definition) is 1. The maximum Gasteiger partial charge on any atom is 0.334 e. The summed E-state index contributed by atoms with van der Waals surface area (Å²) in [5.74, 6) is -0.588. The minimum Gasteiger partial charge on any atom is -0.466 e. The van der Waals surface area contributed by atoms with E-state index in [0.717, 1.165) is 0 Å². The Morgan fingerprint density at radius 2 is 2.33 bits per heavy atom. The van der Waals surface area contributed by atoms with Gasteiger partial charge < -0.3 is 14.8 Å². The first-order valence-corrected chi connectivity index (χ1v) is 5.91. The lowest BCUT2D eigenvalue weighted by molar-refractivity contribution is -0.147. The van der Waals surface area contributed by atoms with Crippen LogP contribution in [0.15, 0.2) is 18.2 Å². The van der Waals surface area contributed by atoms with Crippen molar-refractivity contribution in [2.24, 2.45) is 0 Å². The lowest BCUT2D eigenvalue weighted by Gasteiger charge is -2.24. The zero-order valence-electron chi connectivity index (χ0n) is 9.73. The molecule has 0 spiro atoms. The van der Waals surface area contributed by atoms with E-state index in [9.17, 15) is 9.59 Å². The van der Waals surface area contributed by atoms with Gasteiger partial charge in [0.1, 0.15) is 6.04 Å². The molecule has 5 nitrogen and oxygen atoms in total. The molecule has 18 heavy (non-hydrogen) atoms. The van der Waals surface area contributed by atoms with Crippen LogP contribution in [0.4, 0.5) is 5.69 Å². The molecule has 1 aliphatic rings. The van der Waals surface area contributed by atoms with Crippen molar-refractivity contribution in [3.05, 3.63) is 23.2 Å². The summed E-state index contributed by atoms with van der Waals surface area (Å²) in [6.07, 6.45) is -0.0608. The number of benzene rings is 1. The zero-order chi connectivity index (χ0) is 13.1. The van der Waals surface area contributed by atoms with Crippen molar-refractivity contribution in [3.63, 3.8) is 0 Å². The Morgan fingerprint density at radius 3 is 3.06 bits per heavy atom. The van der Waals surface area contributed by atoms with Crippen molar-refractivity contribution in [1.29, 1.82) is 0 Å². The first-order chi connectivity index (χ1) is 8.60. The Bertz CT molecular complexity index is 489. The summed E-state index contributed by atoms with van der Waals surface area (Å²) < 4.78 is 9.90. The van der Waals surface area contributed by atoms with Crippen molar-refractivity contribution >= 4 is 29.2 Å². The monoisotopic (exact) mass is 269 g/mol. The molecule has 1 N–H and O–H groups in total. The van der Waals surface area contributed by atoms with Crippen molar-refractivity contribution in [2.45, 2.75) is 19.4 Å². The number of anilines is 1. The van der Waals surface area contributed by atoms with Gasteiger partial charge >= 0.3 is 11.9 Å². The fourth-order valence-electron chi connectivity index (χ4n) is 1.65. The summed E-state index contributed by atoms with van der Waals surface area (Å²) >= 11 is 5.79. The number of fused-ring (bicyclic) bond motifs is 1. The number of carbonyl (C=O) groups excluding carboxylic acids is 2. The summed E-state index contributed by atoms with van der Waals surface area (Å²) in [6, 6.07) is 4.19. The SMILES string of the molecule is CCOC(=O)C[C@H]1Nc2ccc(Cl)cc2OC1=O. The molecule has 0 saturated carbocycles. The molecular formula is C12H12ClNO4. The number of esters is 2. The second kappa shape index (κ2) is 5.27. The Morgan fingerprint density at radius 1 is 1.56 bits per heavy atom. The zero-order valence-corrected chi connectivity index (χ0v) is 10.5. The summed E-state index contributed by atoms with van der Waals surface area (Å²) in [5.41, 5.74) is 0.633. The van der Waals surface area contributed by atoms with Crippen LogP contribution >= 0.6 is 11.6 Å². The van der Waals surface area contributed by atoms with E-state index in [-0.39, 0.29) is 13.0 Å². The van der Waals surface area contributed by atoms with E-state index in [1.165, 1.54) is 0 Å². The molecule has 2 rings (SSSR count). The van der Waals surface area contributed by atoms with Gasteiger partial charge in [-0.05, 0) is 19.1 Å². The second-order valence-corrected chi connectivity index (χ2v) is 4.20. The summed E-state index contributed by atoms with van der Waals surface area (Å²) in [7, 11) is 0. The van der Waals surface area contributed by atoms with Gasteiger partial charge in [0.25, 0.3) is 0 Å². The van der Waals surface area contributed by atoms with Gasteiger partial charge in [0.2, 0.25) is 0 Å². The molecule has 0 fully saturated rings. The number of nitrogens with one attached hydrogen (secondary N) is 1. The summed E-state index contributed by atoms with van der Waals surface area (Å²) in [6.45, 7) is 1.99. The number of ether oxygens (including phenoxy) is 2. The molecular weight excluding hydrogens is 258 g/mol. The molecule has 1 aromatic carbocycles. The molecule has 0 bridgehead atoms. The van der Waals surface area contributed by atoms with Gasteiger partial charge in [-0.15, -0.1) is 0 Å². The molecule has 1 atom stereocenters. The molecule has 1 heterocycles. The quantitative estimate of drug-likeness (QED) is 0.672. The Labute approximate surface area is 109 Å². The van der Waals surface area contributed by atoms with Crippen LogP contribution in [0.2, 0.25) is 5.02 Å². The Hall–Kier alpha value is -1.75. The molecule has 96 valence electrons. The average Bonchev–Trinajstić information content (AvgIpc) is 2.31. The van der Waals surface area contributed by atoms with E-state index >= 15 is 0 Å². The highest BCUT2D eigenvalue weighted by Gasteiger charge is 2.30. The molecule has 0 aliphatic carbocycles. The van der Waals surface area contributed by atoms with Crippen molar-refractivity contribution in [1.82, 2.24) is 0 Å². The normalized spacial score (nSPS) is 17.4. The topological polar surface area (TPSA) is 64.6 Å². The maximum absolute atomic E-state index is 11.7. The first-order valence-electron chi connectivity index (χ1n) is 5.53. The second-order valence-electron chi connectivity index (χ2n) is 3.77. The van der Waals surface area contributed by atoms with E-state index in [0.29, 0.717) is 16.5 Å². The maximum atomic E-state index is 11.7. The first kappa shape index (κ1) is 12.7. The number of carbonyl (C=O) groups is 2. The van der Waals surface area contributed by atoms with Gasteiger partial charge in [0, 0.05) is 11.1 Å². The fourth-order valence-corrected chi connectivity index (χ4v) is 1.81. The third-order valence-electron chi connectivity index (χ3n) is 2.44. The van der Waals surface area contributed by atoms with Crippen LogP contribution in [0.3, 0.4) is 0 Å². The van der Waals surface area contributed by atoms with Crippen LogP contribution in [0, 0.1) is 0 Å². The van der Waals surface area contributed by atoms with Crippen LogP contribution < -0.4 is 10.1 Å². The molecule has 0 radical (unpaired) electrons. The van der Waals surface area contributed by atoms with Gasteiger partial charge in [-0.3, -0.25) is 4.79 Å². The van der Waals surface area contributed by atoms with E-state index < -0.39 is 18.0 Å². The van der Waals surface area contributed by atoms with Crippen LogP contribution in [0.5, 0.6) is 5.75 Å². The molecule has 0 amide bonds.